The molecule has 2 rings (SSSR count). The number of aryl methyl sites for hydroxylation is 1. The van der Waals surface area contributed by atoms with Gasteiger partial charge in [0.05, 0.1) is 6.10 Å². The van der Waals surface area contributed by atoms with Crippen LogP contribution in [0.4, 0.5) is 0 Å². The van der Waals surface area contributed by atoms with Gasteiger partial charge in [-0.25, -0.2) is 0 Å². The Hall–Kier alpha value is -1.35. The molecule has 1 atom stereocenters. The quantitative estimate of drug-likeness (QED) is 0.866. The van der Waals surface area contributed by atoms with E-state index in [1.54, 1.807) is 0 Å². The van der Waals surface area contributed by atoms with E-state index >= 15 is 0 Å². The lowest BCUT2D eigenvalue weighted by molar-refractivity contribution is -0.135. The molecule has 0 heterocycles. The van der Waals surface area contributed by atoms with Crippen molar-refractivity contribution >= 4 is 5.91 Å². The van der Waals surface area contributed by atoms with E-state index < -0.39 is 0 Å². The fourth-order valence-electron chi connectivity index (χ4n) is 2.54. The van der Waals surface area contributed by atoms with Crippen molar-refractivity contribution in [2.75, 3.05) is 0 Å². The van der Waals surface area contributed by atoms with Crippen LogP contribution < -0.4 is 5.32 Å². The number of carbonyl (C=O) groups excluding carboxylic acids is 1. The van der Waals surface area contributed by atoms with Gasteiger partial charge in [-0.2, -0.15) is 0 Å². The number of ether oxygens (including phenoxy) is 1. The van der Waals surface area contributed by atoms with Crippen LogP contribution in [0.5, 0.6) is 0 Å². The van der Waals surface area contributed by atoms with E-state index in [-0.39, 0.29) is 23.7 Å². The van der Waals surface area contributed by atoms with E-state index in [9.17, 15) is 4.79 Å². The molecule has 110 valence electrons. The molecule has 1 aliphatic carbocycles. The van der Waals surface area contributed by atoms with Crippen LogP contribution in [0.3, 0.4) is 0 Å². The molecule has 0 bridgehead atoms. The largest absolute Gasteiger partial charge is 0.366 e. The molecule has 0 saturated heterocycles. The zero-order valence-corrected chi connectivity index (χ0v) is 12.9. The van der Waals surface area contributed by atoms with Crippen molar-refractivity contribution < 1.29 is 9.53 Å². The lowest BCUT2D eigenvalue weighted by atomic mass is 10.0. The fourth-order valence-corrected chi connectivity index (χ4v) is 2.54. The smallest absolute Gasteiger partial charge is 0.249 e. The van der Waals surface area contributed by atoms with Crippen molar-refractivity contribution in [2.24, 2.45) is 0 Å². The predicted octanol–water partition coefficient (Wildman–Crippen LogP) is 3.00. The van der Waals surface area contributed by atoms with E-state index in [1.165, 1.54) is 11.1 Å². The molecular formula is C17H25NO2. The second kappa shape index (κ2) is 5.96. The normalized spacial score (nSPS) is 17.9. The Morgan fingerprint density at radius 3 is 2.60 bits per heavy atom. The van der Waals surface area contributed by atoms with E-state index in [1.807, 2.05) is 20.8 Å². The van der Waals surface area contributed by atoms with E-state index in [4.69, 9.17) is 4.74 Å². The minimum absolute atomic E-state index is 0.00357. The Labute approximate surface area is 121 Å². The van der Waals surface area contributed by atoms with Gasteiger partial charge in [-0.1, -0.05) is 29.8 Å². The van der Waals surface area contributed by atoms with Crippen LogP contribution in [0, 0.1) is 6.92 Å². The molecule has 0 radical (unpaired) electrons. The Balaban J connectivity index is 1.93. The Morgan fingerprint density at radius 1 is 1.35 bits per heavy atom. The number of nitrogens with one attached hydrogen (secondary N) is 1. The molecule has 3 heteroatoms. The number of carbonyl (C=O) groups is 1. The standard InChI is InChI=1S/C17H25NO2/c1-12(2)20-14(4)16(19)18-17(8-9-17)11-15-7-5-6-13(3)10-15/h5-7,10,12,14H,8-9,11H2,1-4H3,(H,18,19). The van der Waals surface area contributed by atoms with Crippen molar-refractivity contribution in [3.8, 4) is 0 Å². The first kappa shape index (κ1) is 15.0. The van der Waals surface area contributed by atoms with Crippen LogP contribution in [-0.2, 0) is 16.0 Å². The number of hydrogen-bond acceptors (Lipinski definition) is 2. The summed E-state index contributed by atoms with van der Waals surface area (Å²) in [4.78, 5) is 12.2. The van der Waals surface area contributed by atoms with Crippen molar-refractivity contribution in [2.45, 2.75) is 64.7 Å². The summed E-state index contributed by atoms with van der Waals surface area (Å²) in [5.41, 5.74) is 2.51. The molecule has 1 aliphatic rings. The molecule has 0 aromatic heterocycles. The molecule has 1 unspecified atom stereocenters. The van der Waals surface area contributed by atoms with Crippen molar-refractivity contribution in [3.63, 3.8) is 0 Å². The third kappa shape index (κ3) is 4.07. The molecule has 3 nitrogen and oxygen atoms in total. The van der Waals surface area contributed by atoms with Gasteiger partial charge >= 0.3 is 0 Å². The summed E-state index contributed by atoms with van der Waals surface area (Å²) >= 11 is 0. The average Bonchev–Trinajstić information content (AvgIpc) is 3.07. The number of rotatable bonds is 6. The van der Waals surface area contributed by atoms with Gasteiger partial charge < -0.3 is 10.1 Å². The molecule has 1 amide bonds. The minimum atomic E-state index is -0.384. The van der Waals surface area contributed by atoms with Crippen molar-refractivity contribution in [1.29, 1.82) is 0 Å². The zero-order chi connectivity index (χ0) is 14.8. The van der Waals surface area contributed by atoms with Crippen LogP contribution in [0.15, 0.2) is 24.3 Å². The molecular weight excluding hydrogens is 250 g/mol. The third-order valence-electron chi connectivity index (χ3n) is 3.71. The number of amides is 1. The van der Waals surface area contributed by atoms with Crippen molar-refractivity contribution in [3.05, 3.63) is 35.4 Å². The molecule has 1 N–H and O–H groups in total. The maximum absolute atomic E-state index is 12.2. The highest BCUT2D eigenvalue weighted by atomic mass is 16.5. The Kier molecular flexibility index (Phi) is 4.48. The highest BCUT2D eigenvalue weighted by Gasteiger charge is 2.44. The Bertz CT molecular complexity index is 478. The molecule has 1 fully saturated rings. The van der Waals surface area contributed by atoms with E-state index in [2.05, 4.69) is 36.5 Å². The van der Waals surface area contributed by atoms with Crippen LogP contribution in [0.2, 0.25) is 0 Å². The molecule has 0 spiro atoms. The SMILES string of the molecule is Cc1cccc(CC2(NC(=O)C(C)OC(C)C)CC2)c1. The summed E-state index contributed by atoms with van der Waals surface area (Å²) in [5, 5.41) is 3.18. The first-order chi connectivity index (χ1) is 9.40. The van der Waals surface area contributed by atoms with Crippen molar-refractivity contribution in [1.82, 2.24) is 5.32 Å². The predicted molar refractivity (Wildman–Crippen MR) is 80.7 cm³/mol. The lowest BCUT2D eigenvalue weighted by Crippen LogP contribution is -2.44. The summed E-state index contributed by atoms with van der Waals surface area (Å²) in [5.74, 6) is 0.00357. The summed E-state index contributed by atoms with van der Waals surface area (Å²) in [6, 6.07) is 8.50. The van der Waals surface area contributed by atoms with Crippen LogP contribution >= 0.6 is 0 Å². The summed E-state index contributed by atoms with van der Waals surface area (Å²) in [6.45, 7) is 7.81. The van der Waals surface area contributed by atoms with Gasteiger partial charge in [0.1, 0.15) is 6.10 Å². The average molecular weight is 275 g/mol. The second-order valence-corrected chi connectivity index (χ2v) is 6.26. The third-order valence-corrected chi connectivity index (χ3v) is 3.71. The van der Waals surface area contributed by atoms with Gasteiger partial charge in [0, 0.05) is 5.54 Å². The van der Waals surface area contributed by atoms with Gasteiger partial charge in [-0.3, -0.25) is 4.79 Å². The van der Waals surface area contributed by atoms with Gasteiger partial charge in [-0.05, 0) is 52.5 Å². The van der Waals surface area contributed by atoms with Crippen LogP contribution in [0.25, 0.3) is 0 Å². The second-order valence-electron chi connectivity index (χ2n) is 6.26. The topological polar surface area (TPSA) is 38.3 Å². The van der Waals surface area contributed by atoms with Gasteiger partial charge in [-0.15, -0.1) is 0 Å². The molecule has 0 aliphatic heterocycles. The Morgan fingerprint density at radius 2 is 2.05 bits per heavy atom. The first-order valence-electron chi connectivity index (χ1n) is 7.43. The number of hydrogen-bond donors (Lipinski definition) is 1. The minimum Gasteiger partial charge on any atom is -0.366 e. The van der Waals surface area contributed by atoms with Crippen LogP contribution in [0.1, 0.15) is 44.7 Å². The first-order valence-corrected chi connectivity index (χ1v) is 7.43. The highest BCUT2D eigenvalue weighted by Crippen LogP contribution is 2.38. The lowest BCUT2D eigenvalue weighted by Gasteiger charge is -2.22. The zero-order valence-electron chi connectivity index (χ0n) is 12.9. The van der Waals surface area contributed by atoms with E-state index in [0.717, 1.165) is 19.3 Å². The maximum Gasteiger partial charge on any atom is 0.249 e. The monoisotopic (exact) mass is 275 g/mol. The molecule has 1 aromatic carbocycles. The van der Waals surface area contributed by atoms with Gasteiger partial charge in [0.15, 0.2) is 0 Å². The van der Waals surface area contributed by atoms with E-state index in [0.29, 0.717) is 0 Å². The molecule has 20 heavy (non-hydrogen) atoms. The maximum atomic E-state index is 12.2. The highest BCUT2D eigenvalue weighted by molar-refractivity contribution is 5.81. The summed E-state index contributed by atoms with van der Waals surface area (Å²) < 4.78 is 5.54. The number of benzene rings is 1. The molecule has 1 aromatic rings. The van der Waals surface area contributed by atoms with Gasteiger partial charge in [0.25, 0.3) is 0 Å². The molecule has 1 saturated carbocycles. The van der Waals surface area contributed by atoms with Gasteiger partial charge in [0.2, 0.25) is 5.91 Å². The fraction of sp³-hybridized carbons (Fsp3) is 0.588. The summed E-state index contributed by atoms with van der Waals surface area (Å²) in [6.07, 6.45) is 2.71. The summed E-state index contributed by atoms with van der Waals surface area (Å²) in [7, 11) is 0. The van der Waals surface area contributed by atoms with Crippen LogP contribution in [-0.4, -0.2) is 23.7 Å².